The summed E-state index contributed by atoms with van der Waals surface area (Å²) in [4.78, 5) is 38.3. The molecule has 2 aliphatic rings. The molecule has 6 nitrogen and oxygen atoms in total. The molecule has 1 aliphatic carbocycles. The van der Waals surface area contributed by atoms with Gasteiger partial charge in [0.1, 0.15) is 5.69 Å². The highest BCUT2D eigenvalue weighted by atomic mass is 16.2. The summed E-state index contributed by atoms with van der Waals surface area (Å²) in [5.74, 6) is -0.0330. The highest BCUT2D eigenvalue weighted by molar-refractivity contribution is 5.93. The van der Waals surface area contributed by atoms with E-state index in [2.05, 4.69) is 5.32 Å². The highest BCUT2D eigenvalue weighted by Gasteiger charge is 2.36. The van der Waals surface area contributed by atoms with E-state index >= 15 is 0 Å². The molecule has 1 saturated heterocycles. The van der Waals surface area contributed by atoms with Crippen LogP contribution in [0.5, 0.6) is 0 Å². The first-order valence-electron chi connectivity index (χ1n) is 7.81. The van der Waals surface area contributed by atoms with E-state index in [1.807, 2.05) is 4.90 Å². The Labute approximate surface area is 129 Å². The lowest BCUT2D eigenvalue weighted by Crippen LogP contribution is -2.44. The highest BCUT2D eigenvalue weighted by Crippen LogP contribution is 2.32. The van der Waals surface area contributed by atoms with E-state index in [9.17, 15) is 14.4 Å². The summed E-state index contributed by atoms with van der Waals surface area (Å²) in [5, 5.41) is 2.71. The Morgan fingerprint density at radius 1 is 1.23 bits per heavy atom. The van der Waals surface area contributed by atoms with E-state index in [0.29, 0.717) is 12.2 Å². The molecule has 1 aliphatic heterocycles. The molecule has 1 atom stereocenters. The third-order valence-electron chi connectivity index (χ3n) is 4.41. The molecule has 1 saturated carbocycles. The van der Waals surface area contributed by atoms with Crippen molar-refractivity contribution in [2.24, 2.45) is 18.9 Å². The predicted molar refractivity (Wildman–Crippen MR) is 82.3 cm³/mol. The van der Waals surface area contributed by atoms with Gasteiger partial charge in [-0.1, -0.05) is 0 Å². The van der Waals surface area contributed by atoms with Crippen LogP contribution in [0.15, 0.2) is 23.1 Å². The fraction of sp³-hybridized carbons (Fsp3) is 0.562. The van der Waals surface area contributed by atoms with Gasteiger partial charge in [-0.15, -0.1) is 0 Å². The van der Waals surface area contributed by atoms with E-state index in [4.69, 9.17) is 0 Å². The number of hydrogen-bond acceptors (Lipinski definition) is 3. The van der Waals surface area contributed by atoms with Gasteiger partial charge in [0.25, 0.3) is 5.56 Å². The molecule has 1 aromatic rings. The molecule has 0 radical (unpaired) electrons. The van der Waals surface area contributed by atoms with Gasteiger partial charge in [-0.2, -0.15) is 0 Å². The predicted octanol–water partition coefficient (Wildman–Crippen LogP) is 0.972. The number of nitrogens with one attached hydrogen (secondary N) is 1. The number of aryl methyl sites for hydroxylation is 1. The molecule has 2 heterocycles. The van der Waals surface area contributed by atoms with Crippen molar-refractivity contribution in [1.29, 1.82) is 0 Å². The maximum atomic E-state index is 12.4. The molecular weight excluding hydrogens is 282 g/mol. The molecule has 6 heteroatoms. The van der Waals surface area contributed by atoms with Gasteiger partial charge >= 0.3 is 0 Å². The zero-order chi connectivity index (χ0) is 15.7. The fourth-order valence-electron chi connectivity index (χ4n) is 2.91. The fourth-order valence-corrected chi connectivity index (χ4v) is 2.91. The van der Waals surface area contributed by atoms with Crippen LogP contribution in [0.25, 0.3) is 0 Å². The standard InChI is InChI=1S/C16H21N3O3/c1-18-8-3-5-13(16(18)22)17-14(20)12-4-2-9-19(10-12)15(21)11-6-7-11/h3,5,8,11-12H,2,4,6-7,9-10H2,1H3,(H,17,20)/t12-/m0/s1. The van der Waals surface area contributed by atoms with Gasteiger partial charge in [-0.05, 0) is 37.8 Å². The Kier molecular flexibility index (Phi) is 4.00. The van der Waals surface area contributed by atoms with Crippen molar-refractivity contribution in [3.05, 3.63) is 28.7 Å². The number of carbonyl (C=O) groups excluding carboxylic acids is 2. The molecule has 1 N–H and O–H groups in total. The zero-order valence-electron chi connectivity index (χ0n) is 12.7. The number of anilines is 1. The summed E-state index contributed by atoms with van der Waals surface area (Å²) in [6, 6.07) is 3.33. The Morgan fingerprint density at radius 3 is 2.73 bits per heavy atom. The Morgan fingerprint density at radius 2 is 2.00 bits per heavy atom. The van der Waals surface area contributed by atoms with Crippen molar-refractivity contribution in [3.8, 4) is 0 Å². The van der Waals surface area contributed by atoms with Crippen molar-refractivity contribution in [1.82, 2.24) is 9.47 Å². The van der Waals surface area contributed by atoms with Crippen LogP contribution >= 0.6 is 0 Å². The molecule has 3 rings (SSSR count). The molecule has 0 bridgehead atoms. The number of aromatic nitrogens is 1. The zero-order valence-corrected chi connectivity index (χ0v) is 12.7. The molecule has 2 fully saturated rings. The third kappa shape index (κ3) is 3.05. The number of carbonyl (C=O) groups is 2. The average molecular weight is 303 g/mol. The van der Waals surface area contributed by atoms with E-state index < -0.39 is 0 Å². The molecular formula is C16H21N3O3. The van der Waals surface area contributed by atoms with Crippen LogP contribution in [0.1, 0.15) is 25.7 Å². The summed E-state index contributed by atoms with van der Waals surface area (Å²) in [5.41, 5.74) is 0.0678. The second kappa shape index (κ2) is 5.94. The van der Waals surface area contributed by atoms with Crippen LogP contribution in [0.3, 0.4) is 0 Å². The lowest BCUT2D eigenvalue weighted by atomic mass is 9.96. The normalized spacial score (nSPS) is 21.5. The second-order valence-electron chi connectivity index (χ2n) is 6.22. The Bertz CT molecular complexity index is 648. The van der Waals surface area contributed by atoms with Crippen molar-refractivity contribution in [2.45, 2.75) is 25.7 Å². The molecule has 1 aromatic heterocycles. The summed E-state index contributed by atoms with van der Waals surface area (Å²) in [6.07, 6.45) is 5.20. The van der Waals surface area contributed by atoms with Gasteiger partial charge < -0.3 is 14.8 Å². The SMILES string of the molecule is Cn1cccc(NC(=O)[C@H]2CCCN(C(=O)C3CC3)C2)c1=O. The summed E-state index contributed by atoms with van der Waals surface area (Å²) >= 11 is 0. The lowest BCUT2D eigenvalue weighted by Gasteiger charge is -2.32. The maximum Gasteiger partial charge on any atom is 0.274 e. The van der Waals surface area contributed by atoms with Gasteiger partial charge in [0.2, 0.25) is 11.8 Å². The van der Waals surface area contributed by atoms with E-state index in [0.717, 1.165) is 32.2 Å². The molecule has 22 heavy (non-hydrogen) atoms. The first-order valence-corrected chi connectivity index (χ1v) is 7.81. The van der Waals surface area contributed by atoms with Crippen molar-refractivity contribution < 1.29 is 9.59 Å². The minimum Gasteiger partial charge on any atom is -0.342 e. The number of nitrogens with zero attached hydrogens (tertiary/aromatic N) is 2. The number of rotatable bonds is 3. The van der Waals surface area contributed by atoms with E-state index in [1.165, 1.54) is 4.57 Å². The summed E-state index contributed by atoms with van der Waals surface area (Å²) < 4.78 is 1.43. The lowest BCUT2D eigenvalue weighted by molar-refractivity contribution is -0.135. The van der Waals surface area contributed by atoms with Gasteiger partial charge in [0.05, 0.1) is 5.92 Å². The number of piperidine rings is 1. The average Bonchev–Trinajstić information content (AvgIpc) is 3.36. The second-order valence-corrected chi connectivity index (χ2v) is 6.22. The Balaban J connectivity index is 1.65. The van der Waals surface area contributed by atoms with Gasteiger partial charge in [0, 0.05) is 32.3 Å². The van der Waals surface area contributed by atoms with Crippen LogP contribution < -0.4 is 10.9 Å². The van der Waals surface area contributed by atoms with E-state index in [-0.39, 0.29) is 29.2 Å². The van der Waals surface area contributed by atoms with Crippen molar-refractivity contribution in [2.75, 3.05) is 18.4 Å². The first-order chi connectivity index (χ1) is 10.6. The summed E-state index contributed by atoms with van der Waals surface area (Å²) in [6.45, 7) is 1.21. The van der Waals surface area contributed by atoms with Crippen LogP contribution in [0.2, 0.25) is 0 Å². The van der Waals surface area contributed by atoms with Gasteiger partial charge in [0.15, 0.2) is 0 Å². The minimum atomic E-state index is -0.235. The summed E-state index contributed by atoms with van der Waals surface area (Å²) in [7, 11) is 1.65. The molecule has 0 aromatic carbocycles. The smallest absolute Gasteiger partial charge is 0.274 e. The van der Waals surface area contributed by atoms with E-state index in [1.54, 1.807) is 25.4 Å². The largest absolute Gasteiger partial charge is 0.342 e. The van der Waals surface area contributed by atoms with Crippen LogP contribution in [0, 0.1) is 11.8 Å². The van der Waals surface area contributed by atoms with Gasteiger partial charge in [-0.25, -0.2) is 0 Å². The quantitative estimate of drug-likeness (QED) is 0.904. The van der Waals surface area contributed by atoms with Crippen LogP contribution in [-0.4, -0.2) is 34.4 Å². The van der Waals surface area contributed by atoms with Crippen molar-refractivity contribution >= 4 is 17.5 Å². The van der Waals surface area contributed by atoms with Crippen LogP contribution in [-0.2, 0) is 16.6 Å². The number of hydrogen-bond donors (Lipinski definition) is 1. The molecule has 0 unspecified atom stereocenters. The number of amides is 2. The molecule has 2 amide bonds. The topological polar surface area (TPSA) is 71.4 Å². The minimum absolute atomic E-state index is 0.170. The maximum absolute atomic E-state index is 12.4. The first kappa shape index (κ1) is 14.8. The molecule has 0 spiro atoms. The number of pyridine rings is 1. The Hall–Kier alpha value is -2.11. The third-order valence-corrected chi connectivity index (χ3v) is 4.41. The van der Waals surface area contributed by atoms with Crippen molar-refractivity contribution in [3.63, 3.8) is 0 Å². The monoisotopic (exact) mass is 303 g/mol. The van der Waals surface area contributed by atoms with Gasteiger partial charge in [-0.3, -0.25) is 14.4 Å². The van der Waals surface area contributed by atoms with Crippen LogP contribution in [0.4, 0.5) is 5.69 Å². The number of likely N-dealkylation sites (tertiary alicyclic amines) is 1. The molecule has 118 valence electrons.